The van der Waals surface area contributed by atoms with Gasteiger partial charge >= 0.3 is 0 Å². The second kappa shape index (κ2) is 10.3. The molecule has 0 amide bonds. The first-order chi connectivity index (χ1) is 17.6. The van der Waals surface area contributed by atoms with E-state index in [1.807, 2.05) is 28.4 Å². The summed E-state index contributed by atoms with van der Waals surface area (Å²) >= 11 is 0. The van der Waals surface area contributed by atoms with E-state index in [-0.39, 0.29) is 24.6 Å². The predicted molar refractivity (Wildman–Crippen MR) is 149 cm³/mol. The number of rotatable bonds is 7. The summed E-state index contributed by atoms with van der Waals surface area (Å²) in [6.45, 7) is 0.514. The summed E-state index contributed by atoms with van der Waals surface area (Å²) in [6.07, 6.45) is 7.93. The monoisotopic (exact) mass is 515 g/mol. The van der Waals surface area contributed by atoms with Crippen LogP contribution in [0.2, 0.25) is 0 Å². The van der Waals surface area contributed by atoms with E-state index >= 15 is 0 Å². The van der Waals surface area contributed by atoms with Crippen LogP contribution in [0.25, 0.3) is 39.4 Å². The zero-order chi connectivity index (χ0) is 24.6. The number of nitrogens with two attached hydrogens (primary N) is 1. The minimum Gasteiger partial charge on any atom is -0.381 e. The molecule has 8 nitrogen and oxygen atoms in total. The van der Waals surface area contributed by atoms with Gasteiger partial charge in [-0.2, -0.15) is 0 Å². The Hall–Kier alpha value is -3.72. The van der Waals surface area contributed by atoms with Gasteiger partial charge in [0.15, 0.2) is 11.6 Å². The first-order valence-electron chi connectivity index (χ1n) is 12.2. The molecule has 3 heterocycles. The van der Waals surface area contributed by atoms with Crippen LogP contribution in [0.15, 0.2) is 73.2 Å². The Morgan fingerprint density at radius 3 is 2.46 bits per heavy atom. The van der Waals surface area contributed by atoms with Gasteiger partial charge in [-0.25, -0.2) is 14.5 Å². The fraction of sp³-hybridized carbons (Fsp3) is 0.250. The topological polar surface area (TPSA) is 95.3 Å². The van der Waals surface area contributed by atoms with Crippen molar-refractivity contribution >= 4 is 23.7 Å². The Morgan fingerprint density at radius 2 is 1.81 bits per heavy atom. The summed E-state index contributed by atoms with van der Waals surface area (Å²) in [5.74, 6) is 2.08. The van der Waals surface area contributed by atoms with Crippen molar-refractivity contribution in [1.82, 2.24) is 24.1 Å². The van der Waals surface area contributed by atoms with E-state index in [0.29, 0.717) is 18.2 Å². The first kappa shape index (κ1) is 25.0. The summed E-state index contributed by atoms with van der Waals surface area (Å²) in [5, 5.41) is 8.62. The van der Waals surface area contributed by atoms with Crippen molar-refractivity contribution in [3.8, 4) is 33.9 Å². The molecule has 3 aromatic heterocycles. The molecular weight excluding hydrogens is 486 g/mol. The fourth-order valence-corrected chi connectivity index (χ4v) is 4.86. The third kappa shape index (κ3) is 4.59. The summed E-state index contributed by atoms with van der Waals surface area (Å²) in [4.78, 5) is 9.52. The lowest BCUT2D eigenvalue weighted by atomic mass is 9.89. The third-order valence-corrected chi connectivity index (χ3v) is 6.98. The normalized spacial score (nSPS) is 16.8. The number of anilines is 1. The molecule has 0 spiro atoms. The summed E-state index contributed by atoms with van der Waals surface area (Å²) in [5.41, 5.74) is 12.3. The maximum atomic E-state index is 5.85. The highest BCUT2D eigenvalue weighted by atomic mass is 35.5. The number of methoxy groups -OCH3 is 1. The number of nitrogens with zero attached hydrogens (tertiary/aromatic N) is 5. The summed E-state index contributed by atoms with van der Waals surface area (Å²) < 4.78 is 9.39. The van der Waals surface area contributed by atoms with Crippen LogP contribution in [-0.2, 0) is 18.3 Å². The lowest BCUT2D eigenvalue weighted by molar-refractivity contribution is 0.0328. The van der Waals surface area contributed by atoms with Gasteiger partial charge in [-0.05, 0) is 29.5 Å². The number of hydrogen-bond donors (Lipinski definition) is 2. The molecule has 37 heavy (non-hydrogen) atoms. The molecule has 0 aliphatic heterocycles. The third-order valence-electron chi connectivity index (χ3n) is 6.98. The molecule has 3 N–H and O–H groups in total. The molecule has 1 aliphatic rings. The maximum absolute atomic E-state index is 5.85. The standard InChI is InChI=1S/C28H29N7O.ClH/c1-34-13-12-30-28(34)27-32-26(31-21-14-22(15-21)36-2)25-24(20-6-4-3-5-7-20)23(17-35(25)33-27)19-10-8-18(16-29)9-11-19;/h3-13,17,21-22H,14-16,29H2,1-2H3,(H,31,32,33);1H. The second-order valence-electron chi connectivity index (χ2n) is 9.29. The highest BCUT2D eigenvalue weighted by Gasteiger charge is 2.31. The molecular formula is C28H30ClN7O. The smallest absolute Gasteiger partial charge is 0.218 e. The van der Waals surface area contributed by atoms with Crippen molar-refractivity contribution in [3.63, 3.8) is 0 Å². The Labute approximate surface area is 221 Å². The highest BCUT2D eigenvalue weighted by molar-refractivity contribution is 5.99. The lowest BCUT2D eigenvalue weighted by Gasteiger charge is -2.35. The molecule has 0 radical (unpaired) electrons. The van der Waals surface area contributed by atoms with Crippen molar-refractivity contribution in [2.24, 2.45) is 12.8 Å². The number of benzene rings is 2. The molecule has 2 aromatic carbocycles. The molecule has 1 aliphatic carbocycles. The molecule has 5 aromatic rings. The molecule has 0 bridgehead atoms. The SMILES string of the molecule is COC1CC(Nc2nc(-c3nccn3C)nn3cc(-c4ccc(CN)cc4)c(-c4ccccc4)c23)C1.Cl. The van der Waals surface area contributed by atoms with Gasteiger partial charge in [-0.15, -0.1) is 17.5 Å². The average molecular weight is 516 g/mol. The van der Waals surface area contributed by atoms with Gasteiger partial charge in [0, 0.05) is 56.5 Å². The van der Waals surface area contributed by atoms with E-state index in [0.717, 1.165) is 52.0 Å². The maximum Gasteiger partial charge on any atom is 0.218 e. The molecule has 1 fully saturated rings. The van der Waals surface area contributed by atoms with Crippen LogP contribution in [0.5, 0.6) is 0 Å². The van der Waals surface area contributed by atoms with E-state index in [4.69, 9.17) is 20.6 Å². The summed E-state index contributed by atoms with van der Waals surface area (Å²) in [6, 6.07) is 19.1. The van der Waals surface area contributed by atoms with Crippen molar-refractivity contribution < 1.29 is 4.74 Å². The van der Waals surface area contributed by atoms with E-state index in [1.165, 1.54) is 0 Å². The number of ether oxygens (including phenoxy) is 1. The number of imidazole rings is 1. The molecule has 9 heteroatoms. The van der Waals surface area contributed by atoms with Crippen molar-refractivity contribution in [1.29, 1.82) is 0 Å². The number of aromatic nitrogens is 5. The minimum absolute atomic E-state index is 0. The number of aryl methyl sites for hydroxylation is 1. The Morgan fingerprint density at radius 1 is 1.05 bits per heavy atom. The minimum atomic E-state index is 0. The predicted octanol–water partition coefficient (Wildman–Crippen LogP) is 4.93. The quantitative estimate of drug-likeness (QED) is 0.319. The van der Waals surface area contributed by atoms with Crippen molar-refractivity contribution in [2.45, 2.75) is 31.5 Å². The Balaban J connectivity index is 0.00000280. The van der Waals surface area contributed by atoms with E-state index < -0.39 is 0 Å². The van der Waals surface area contributed by atoms with Crippen molar-refractivity contribution in [3.05, 3.63) is 78.8 Å². The lowest BCUT2D eigenvalue weighted by Crippen LogP contribution is -2.40. The molecule has 1 saturated carbocycles. The number of fused-ring (bicyclic) bond motifs is 1. The van der Waals surface area contributed by atoms with E-state index in [1.54, 1.807) is 13.3 Å². The molecule has 0 saturated heterocycles. The zero-order valence-corrected chi connectivity index (χ0v) is 21.7. The van der Waals surface area contributed by atoms with Crippen LogP contribution >= 0.6 is 12.4 Å². The van der Waals surface area contributed by atoms with Gasteiger partial charge in [0.05, 0.1) is 6.10 Å². The molecule has 6 rings (SSSR count). The molecule has 190 valence electrons. The molecule has 0 atom stereocenters. The number of hydrogen-bond acceptors (Lipinski definition) is 6. The van der Waals surface area contributed by atoms with Crippen LogP contribution in [-0.4, -0.2) is 43.4 Å². The van der Waals surface area contributed by atoms with Crippen LogP contribution in [0.4, 0.5) is 5.82 Å². The van der Waals surface area contributed by atoms with Gasteiger partial charge in [0.25, 0.3) is 0 Å². The second-order valence-corrected chi connectivity index (χ2v) is 9.29. The Bertz CT molecular complexity index is 1510. The van der Waals surface area contributed by atoms with Gasteiger partial charge in [-0.3, -0.25) is 0 Å². The van der Waals surface area contributed by atoms with E-state index in [9.17, 15) is 0 Å². The van der Waals surface area contributed by atoms with Crippen LogP contribution in [0.3, 0.4) is 0 Å². The van der Waals surface area contributed by atoms with Crippen molar-refractivity contribution in [2.75, 3.05) is 12.4 Å². The molecule has 0 unspecified atom stereocenters. The fourth-order valence-electron chi connectivity index (χ4n) is 4.86. The van der Waals surface area contributed by atoms with Crippen LogP contribution < -0.4 is 11.1 Å². The Kier molecular flexibility index (Phi) is 6.97. The van der Waals surface area contributed by atoms with Gasteiger partial charge in [0.2, 0.25) is 5.82 Å². The van der Waals surface area contributed by atoms with E-state index in [2.05, 4.69) is 65.0 Å². The van der Waals surface area contributed by atoms with Gasteiger partial charge in [-0.1, -0.05) is 54.6 Å². The number of nitrogens with one attached hydrogen (secondary N) is 1. The van der Waals surface area contributed by atoms with Gasteiger partial charge < -0.3 is 20.4 Å². The van der Waals surface area contributed by atoms with Crippen LogP contribution in [0.1, 0.15) is 18.4 Å². The average Bonchev–Trinajstić information content (AvgIpc) is 3.50. The van der Waals surface area contributed by atoms with Crippen LogP contribution in [0, 0.1) is 0 Å². The highest BCUT2D eigenvalue weighted by Crippen LogP contribution is 2.40. The zero-order valence-electron chi connectivity index (χ0n) is 20.8. The first-order valence-corrected chi connectivity index (χ1v) is 12.2. The number of halogens is 1. The summed E-state index contributed by atoms with van der Waals surface area (Å²) in [7, 11) is 3.72. The largest absolute Gasteiger partial charge is 0.381 e. The van der Waals surface area contributed by atoms with Gasteiger partial charge in [0.1, 0.15) is 5.52 Å².